The number of ether oxygens (including phenoxy) is 1. The Kier molecular flexibility index (Phi) is 8.13. The van der Waals surface area contributed by atoms with Crippen molar-refractivity contribution in [3.63, 3.8) is 0 Å². The third-order valence-corrected chi connectivity index (χ3v) is 9.94. The van der Waals surface area contributed by atoms with Crippen LogP contribution in [0.2, 0.25) is 0 Å². The van der Waals surface area contributed by atoms with E-state index < -0.39 is 0 Å². The summed E-state index contributed by atoms with van der Waals surface area (Å²) in [5.74, 6) is 1.80. The number of fused-ring (bicyclic) bond motifs is 5. The van der Waals surface area contributed by atoms with Crippen molar-refractivity contribution in [2.45, 2.75) is 52.4 Å². The van der Waals surface area contributed by atoms with Gasteiger partial charge in [-0.15, -0.1) is 0 Å². The van der Waals surface area contributed by atoms with Crippen molar-refractivity contribution >= 4 is 28.6 Å². The van der Waals surface area contributed by atoms with Crippen LogP contribution in [-0.4, -0.2) is 11.7 Å². The number of benzene rings is 5. The molecule has 0 bridgehead atoms. The number of halogens is 1. The molecular weight excluding hydrogens is 644 g/mol. The second-order valence-electron chi connectivity index (χ2n) is 15.6. The van der Waals surface area contributed by atoms with Gasteiger partial charge in [-0.25, -0.2) is 9.37 Å². The Labute approximate surface area is 306 Å². The maximum atomic E-state index is 15.2. The Hall–Kier alpha value is -5.88. The second-order valence-corrected chi connectivity index (χ2v) is 15.6. The molecule has 2 aliphatic rings. The highest BCUT2D eigenvalue weighted by atomic mass is 19.1. The molecule has 0 unspecified atom stereocenters. The number of aromatic nitrogens is 1. The van der Waals surface area contributed by atoms with Crippen molar-refractivity contribution in [2.75, 3.05) is 21.4 Å². The number of hydrogen-bond donors (Lipinski definition) is 0. The van der Waals surface area contributed by atoms with Gasteiger partial charge in [0.25, 0.3) is 0 Å². The third-order valence-electron chi connectivity index (χ3n) is 9.94. The van der Waals surface area contributed by atoms with Crippen LogP contribution in [0.1, 0.15) is 52.7 Å². The molecule has 6 aromatic rings. The van der Waals surface area contributed by atoms with E-state index in [9.17, 15) is 0 Å². The van der Waals surface area contributed by atoms with Crippen LogP contribution in [0.4, 0.5) is 33.0 Å². The first-order valence-electron chi connectivity index (χ1n) is 17.8. The zero-order valence-corrected chi connectivity index (χ0v) is 30.6. The van der Waals surface area contributed by atoms with Crippen LogP contribution in [0.5, 0.6) is 11.5 Å². The standard InChI is InChI=1S/C46H43FN4O/c1-45(2,3)31-14-17-34(18-15-31)49-24-25-50(30-49)35-10-9-11-36(28-35)52-37-19-21-41-39-13-8-7-12-38(39)40-20-16-33(47)27-42(40)51(43(41)29-37)44-26-32(22-23-48-44)46(4,5)6/h7-29H,30H2,1-6H3. The fraction of sp³-hybridized carbons (Fsp3) is 0.196. The molecule has 0 aliphatic carbocycles. The van der Waals surface area contributed by atoms with E-state index >= 15 is 4.39 Å². The Morgan fingerprint density at radius 1 is 0.558 bits per heavy atom. The van der Waals surface area contributed by atoms with Crippen LogP contribution >= 0.6 is 0 Å². The van der Waals surface area contributed by atoms with E-state index in [-0.39, 0.29) is 16.6 Å². The van der Waals surface area contributed by atoms with Gasteiger partial charge in [0.15, 0.2) is 0 Å². The van der Waals surface area contributed by atoms with Gasteiger partial charge in [-0.2, -0.15) is 0 Å². The molecule has 1 aromatic heterocycles. The average Bonchev–Trinajstić information content (AvgIpc) is 3.59. The zero-order valence-electron chi connectivity index (χ0n) is 30.6. The predicted molar refractivity (Wildman–Crippen MR) is 213 cm³/mol. The highest BCUT2D eigenvalue weighted by Gasteiger charge is 2.29. The first-order valence-corrected chi connectivity index (χ1v) is 17.8. The second kappa shape index (κ2) is 12.7. The first kappa shape index (κ1) is 33.3. The number of pyridine rings is 1. The first-order chi connectivity index (χ1) is 24.9. The summed E-state index contributed by atoms with van der Waals surface area (Å²) in [5, 5.41) is 0. The van der Waals surface area contributed by atoms with Gasteiger partial charge in [-0.1, -0.05) is 84.0 Å². The highest BCUT2D eigenvalue weighted by molar-refractivity contribution is 6.02. The lowest BCUT2D eigenvalue weighted by Crippen LogP contribution is -2.24. The molecule has 260 valence electrons. The van der Waals surface area contributed by atoms with Gasteiger partial charge < -0.3 is 14.5 Å². The largest absolute Gasteiger partial charge is 0.457 e. The summed E-state index contributed by atoms with van der Waals surface area (Å²) in [6.45, 7) is 14.0. The lowest BCUT2D eigenvalue weighted by Gasteiger charge is -2.28. The molecule has 52 heavy (non-hydrogen) atoms. The quantitative estimate of drug-likeness (QED) is 0.180. The number of nitrogens with zero attached hydrogens (tertiary/aromatic N) is 4. The molecule has 0 spiro atoms. The van der Waals surface area contributed by atoms with Crippen LogP contribution in [0.3, 0.4) is 0 Å². The molecule has 0 amide bonds. The molecule has 0 fully saturated rings. The molecule has 5 aromatic carbocycles. The van der Waals surface area contributed by atoms with E-state index in [2.05, 4.69) is 129 Å². The predicted octanol–water partition coefficient (Wildman–Crippen LogP) is 12.5. The minimum atomic E-state index is -0.308. The van der Waals surface area contributed by atoms with E-state index in [1.54, 1.807) is 6.07 Å². The van der Waals surface area contributed by atoms with Crippen LogP contribution in [-0.2, 0) is 10.8 Å². The molecule has 6 heteroatoms. The fourth-order valence-electron chi connectivity index (χ4n) is 7.01. The normalized spacial score (nSPS) is 13.8. The van der Waals surface area contributed by atoms with Crippen LogP contribution in [0.25, 0.3) is 22.3 Å². The van der Waals surface area contributed by atoms with Gasteiger partial charge in [0.1, 0.15) is 23.1 Å². The topological polar surface area (TPSA) is 31.8 Å². The van der Waals surface area contributed by atoms with Gasteiger partial charge in [0.05, 0.1) is 18.0 Å². The molecule has 8 rings (SSSR count). The van der Waals surface area contributed by atoms with Gasteiger partial charge >= 0.3 is 0 Å². The SMILES string of the molecule is CC(C)(C)c1ccc(N2C=CN(c3cccc(Oc4ccc5c(c4)N(c4cc(C(C)(C)C)ccn4)c4cc(F)ccc4-c4ccccc4-5)c3)C2)cc1. The number of anilines is 5. The average molecular weight is 687 g/mol. The Morgan fingerprint density at radius 2 is 1.19 bits per heavy atom. The third kappa shape index (κ3) is 6.30. The van der Waals surface area contributed by atoms with E-state index in [4.69, 9.17) is 9.72 Å². The maximum absolute atomic E-state index is 15.2. The highest BCUT2D eigenvalue weighted by Crippen LogP contribution is 2.51. The summed E-state index contributed by atoms with van der Waals surface area (Å²) in [5.41, 5.74) is 10.3. The molecule has 0 saturated carbocycles. The Bertz CT molecular complexity index is 2320. The van der Waals surface area contributed by atoms with Gasteiger partial charge in [-0.3, -0.25) is 4.90 Å². The van der Waals surface area contributed by atoms with Gasteiger partial charge in [-0.05, 0) is 99.8 Å². The van der Waals surface area contributed by atoms with Crippen LogP contribution in [0.15, 0.2) is 140 Å². The van der Waals surface area contributed by atoms with E-state index in [1.807, 2.05) is 54.7 Å². The van der Waals surface area contributed by atoms with Gasteiger partial charge in [0, 0.05) is 53.2 Å². The van der Waals surface area contributed by atoms with Gasteiger partial charge in [0.2, 0.25) is 0 Å². The van der Waals surface area contributed by atoms with Crippen molar-refractivity contribution in [1.82, 2.24) is 4.98 Å². The van der Waals surface area contributed by atoms with Crippen molar-refractivity contribution in [3.05, 3.63) is 157 Å². The summed E-state index contributed by atoms with van der Waals surface area (Å²) in [4.78, 5) is 11.4. The van der Waals surface area contributed by atoms with E-state index in [0.717, 1.165) is 56.3 Å². The number of hydrogen-bond acceptors (Lipinski definition) is 5. The molecule has 0 atom stereocenters. The minimum Gasteiger partial charge on any atom is -0.457 e. The fourth-order valence-corrected chi connectivity index (χ4v) is 7.01. The van der Waals surface area contributed by atoms with Crippen LogP contribution in [0, 0.1) is 5.82 Å². The van der Waals surface area contributed by atoms with E-state index in [1.165, 1.54) is 11.6 Å². The number of rotatable bonds is 5. The van der Waals surface area contributed by atoms with Crippen molar-refractivity contribution in [1.29, 1.82) is 0 Å². The van der Waals surface area contributed by atoms with Crippen molar-refractivity contribution < 1.29 is 9.13 Å². The zero-order chi connectivity index (χ0) is 36.2. The molecular formula is C46H43FN4O. The summed E-state index contributed by atoms with van der Waals surface area (Å²) >= 11 is 0. The van der Waals surface area contributed by atoms with Crippen molar-refractivity contribution in [2.24, 2.45) is 0 Å². The monoisotopic (exact) mass is 686 g/mol. The Morgan fingerprint density at radius 3 is 1.88 bits per heavy atom. The summed E-state index contributed by atoms with van der Waals surface area (Å²) < 4.78 is 21.8. The smallest absolute Gasteiger partial charge is 0.137 e. The Balaban J connectivity index is 1.15. The van der Waals surface area contributed by atoms with Crippen molar-refractivity contribution in [3.8, 4) is 33.8 Å². The molecule has 0 radical (unpaired) electrons. The van der Waals surface area contributed by atoms with Crippen LogP contribution < -0.4 is 19.4 Å². The lowest BCUT2D eigenvalue weighted by molar-refractivity contribution is 0.483. The summed E-state index contributed by atoms with van der Waals surface area (Å²) in [6.07, 6.45) is 6.05. The molecule has 0 N–H and O–H groups in total. The molecule has 0 saturated heterocycles. The maximum Gasteiger partial charge on any atom is 0.137 e. The molecule has 2 aliphatic heterocycles. The summed E-state index contributed by atoms with van der Waals surface area (Å²) in [6, 6.07) is 40.6. The summed E-state index contributed by atoms with van der Waals surface area (Å²) in [7, 11) is 0. The molecule has 3 heterocycles. The lowest BCUT2D eigenvalue weighted by atomic mass is 9.87. The van der Waals surface area contributed by atoms with E-state index in [0.29, 0.717) is 18.2 Å². The molecule has 5 nitrogen and oxygen atoms in total. The minimum absolute atomic E-state index is 0.103.